The van der Waals surface area contributed by atoms with E-state index in [0.29, 0.717) is 16.7 Å². The Morgan fingerprint density at radius 3 is 2.47 bits per heavy atom. The highest BCUT2D eigenvalue weighted by molar-refractivity contribution is 7.87. The minimum Gasteiger partial charge on any atom is -0.287 e. The van der Waals surface area contributed by atoms with Crippen LogP contribution in [0.3, 0.4) is 0 Å². The van der Waals surface area contributed by atoms with Gasteiger partial charge >= 0.3 is 16.4 Å². The lowest BCUT2D eigenvalue weighted by atomic mass is 10.4. The molecule has 11 heteroatoms. The molecule has 2 heterocycles. The first-order valence-corrected chi connectivity index (χ1v) is 7.18. The summed E-state index contributed by atoms with van der Waals surface area (Å²) < 4.78 is 71.1. The van der Waals surface area contributed by atoms with Gasteiger partial charge in [0, 0.05) is 18.3 Å². The third-order valence-electron chi connectivity index (χ3n) is 2.50. The molecule has 0 radical (unpaired) electrons. The van der Waals surface area contributed by atoms with Crippen LogP contribution in [0.4, 0.5) is 22.2 Å². The quantitative estimate of drug-likeness (QED) is 0.613. The monoisotopic (exact) mass is 318 g/mol. The standard InChI is InChI=1S/C8H6F4N2O3S2/c9-8(10,11)5-3-18-7(13-5)14-2-4(1-6(14)15)19(12,16)17/h3-4H,1-2H2. The molecule has 0 saturated carbocycles. The van der Waals surface area contributed by atoms with Crippen molar-refractivity contribution in [2.75, 3.05) is 11.4 Å². The van der Waals surface area contributed by atoms with Gasteiger partial charge in [0.2, 0.25) is 5.91 Å². The molecule has 1 amide bonds. The van der Waals surface area contributed by atoms with Crippen molar-refractivity contribution in [1.29, 1.82) is 0 Å². The molecule has 0 spiro atoms. The first kappa shape index (κ1) is 14.2. The summed E-state index contributed by atoms with van der Waals surface area (Å²) in [5.74, 6) is -0.769. The number of carbonyl (C=O) groups excluding carboxylic acids is 1. The van der Waals surface area contributed by atoms with Gasteiger partial charge in [0.05, 0.1) is 0 Å². The highest BCUT2D eigenvalue weighted by Gasteiger charge is 2.41. The number of anilines is 1. The van der Waals surface area contributed by atoms with Gasteiger partial charge in [0.1, 0.15) is 5.25 Å². The van der Waals surface area contributed by atoms with E-state index >= 15 is 0 Å². The molecule has 1 atom stereocenters. The Morgan fingerprint density at radius 1 is 1.42 bits per heavy atom. The lowest BCUT2D eigenvalue weighted by Gasteiger charge is -2.11. The normalized spacial score (nSPS) is 21.2. The van der Waals surface area contributed by atoms with Gasteiger partial charge in [-0.15, -0.1) is 15.2 Å². The summed E-state index contributed by atoms with van der Waals surface area (Å²) in [7, 11) is -4.91. The van der Waals surface area contributed by atoms with Gasteiger partial charge in [-0.25, -0.2) is 4.98 Å². The fraction of sp³-hybridized carbons (Fsp3) is 0.500. The maximum Gasteiger partial charge on any atom is 0.434 e. The second-order valence-electron chi connectivity index (χ2n) is 3.82. The van der Waals surface area contributed by atoms with Crippen LogP contribution >= 0.6 is 11.3 Å². The van der Waals surface area contributed by atoms with Gasteiger partial charge in [-0.1, -0.05) is 0 Å². The Hall–Kier alpha value is -1.23. The number of aromatic nitrogens is 1. The number of rotatable bonds is 2. The van der Waals surface area contributed by atoms with E-state index in [9.17, 15) is 30.3 Å². The van der Waals surface area contributed by atoms with Gasteiger partial charge in [-0.05, 0) is 0 Å². The van der Waals surface area contributed by atoms with E-state index in [-0.39, 0.29) is 5.13 Å². The van der Waals surface area contributed by atoms with E-state index in [4.69, 9.17) is 0 Å². The molecule has 5 nitrogen and oxygen atoms in total. The predicted octanol–water partition coefficient (Wildman–Crippen LogP) is 1.57. The molecule has 1 fully saturated rings. The molecule has 1 aliphatic rings. The number of amides is 1. The smallest absolute Gasteiger partial charge is 0.287 e. The summed E-state index contributed by atoms with van der Waals surface area (Å²) in [4.78, 5) is 15.4. The number of thiazole rings is 1. The lowest BCUT2D eigenvalue weighted by molar-refractivity contribution is -0.140. The van der Waals surface area contributed by atoms with Gasteiger partial charge in [-0.2, -0.15) is 21.6 Å². The SMILES string of the molecule is O=C1CC(S(=O)(=O)F)CN1c1nc(C(F)(F)F)cs1. The predicted molar refractivity (Wildman–Crippen MR) is 57.9 cm³/mol. The lowest BCUT2D eigenvalue weighted by Crippen LogP contribution is -2.27. The highest BCUT2D eigenvalue weighted by atomic mass is 32.3. The maximum absolute atomic E-state index is 12.7. The summed E-state index contributed by atoms with van der Waals surface area (Å²) in [5, 5.41) is -1.14. The Balaban J connectivity index is 2.24. The van der Waals surface area contributed by atoms with E-state index in [2.05, 4.69) is 4.98 Å². The summed E-state index contributed by atoms with van der Waals surface area (Å²) in [6, 6.07) is 0. The largest absolute Gasteiger partial charge is 0.434 e. The highest BCUT2D eigenvalue weighted by Crippen LogP contribution is 2.34. The van der Waals surface area contributed by atoms with Crippen molar-refractivity contribution < 1.29 is 30.3 Å². The number of halogens is 4. The summed E-state index contributed by atoms with van der Waals surface area (Å²) >= 11 is 0.547. The third kappa shape index (κ3) is 2.86. The first-order valence-electron chi connectivity index (χ1n) is 4.85. The van der Waals surface area contributed by atoms with Crippen molar-refractivity contribution in [2.45, 2.75) is 17.8 Å². The molecule has 1 saturated heterocycles. The molecule has 106 valence electrons. The maximum atomic E-state index is 12.7. The Bertz CT molecular complexity index is 610. The van der Waals surface area contributed by atoms with Gasteiger partial charge < -0.3 is 0 Å². The molecule has 0 aromatic carbocycles. The average molecular weight is 318 g/mol. The molecule has 1 unspecified atom stereocenters. The molecule has 19 heavy (non-hydrogen) atoms. The first-order chi connectivity index (χ1) is 8.59. The summed E-state index contributed by atoms with van der Waals surface area (Å²) in [6.07, 6.45) is -5.25. The second kappa shape index (κ2) is 4.40. The molecule has 0 aliphatic carbocycles. The summed E-state index contributed by atoms with van der Waals surface area (Å²) in [6.45, 7) is -0.525. The van der Waals surface area contributed by atoms with Gasteiger partial charge in [0.25, 0.3) is 0 Å². The number of carbonyl (C=O) groups is 1. The number of hydrogen-bond donors (Lipinski definition) is 0. The zero-order valence-corrected chi connectivity index (χ0v) is 10.6. The van der Waals surface area contributed by atoms with Crippen LogP contribution in [-0.2, 0) is 21.2 Å². The number of hydrogen-bond acceptors (Lipinski definition) is 5. The van der Waals surface area contributed by atoms with E-state index in [1.54, 1.807) is 0 Å². The third-order valence-corrected chi connectivity index (χ3v) is 4.48. The fourth-order valence-corrected chi connectivity index (χ4v) is 3.09. The van der Waals surface area contributed by atoms with Crippen molar-refractivity contribution in [3.63, 3.8) is 0 Å². The molecular formula is C8H6F4N2O3S2. The van der Waals surface area contributed by atoms with Crippen molar-refractivity contribution in [1.82, 2.24) is 4.98 Å². The fourth-order valence-electron chi connectivity index (χ4n) is 1.57. The van der Waals surface area contributed by atoms with E-state index in [0.717, 1.165) is 4.90 Å². The van der Waals surface area contributed by atoms with Crippen LogP contribution in [0.25, 0.3) is 0 Å². The number of nitrogens with zero attached hydrogens (tertiary/aromatic N) is 2. The van der Waals surface area contributed by atoms with Crippen molar-refractivity contribution >= 4 is 32.6 Å². The summed E-state index contributed by atoms with van der Waals surface area (Å²) in [5.41, 5.74) is -1.17. The van der Waals surface area contributed by atoms with E-state index in [1.165, 1.54) is 0 Å². The van der Waals surface area contributed by atoms with Crippen molar-refractivity contribution in [3.05, 3.63) is 11.1 Å². The van der Waals surface area contributed by atoms with Crippen LogP contribution in [0.2, 0.25) is 0 Å². The van der Waals surface area contributed by atoms with Crippen LogP contribution in [0.5, 0.6) is 0 Å². The average Bonchev–Trinajstić information content (AvgIpc) is 2.80. The molecule has 0 N–H and O–H groups in total. The molecule has 1 aromatic heterocycles. The Morgan fingerprint density at radius 2 is 2.05 bits per heavy atom. The van der Waals surface area contributed by atoms with E-state index < -0.39 is 46.2 Å². The molecule has 1 aliphatic heterocycles. The van der Waals surface area contributed by atoms with Gasteiger partial charge in [-0.3, -0.25) is 9.69 Å². The molecule has 1 aromatic rings. The zero-order valence-electron chi connectivity index (χ0n) is 9.02. The zero-order chi connectivity index (χ0) is 14.4. The van der Waals surface area contributed by atoms with Crippen LogP contribution < -0.4 is 4.90 Å². The van der Waals surface area contributed by atoms with Gasteiger partial charge in [0.15, 0.2) is 10.8 Å². The second-order valence-corrected chi connectivity index (χ2v) is 6.27. The van der Waals surface area contributed by atoms with Crippen LogP contribution in [0.15, 0.2) is 5.38 Å². The van der Waals surface area contributed by atoms with Crippen LogP contribution in [-0.4, -0.2) is 31.1 Å². The Kier molecular flexibility index (Phi) is 3.29. The van der Waals surface area contributed by atoms with Crippen molar-refractivity contribution in [3.8, 4) is 0 Å². The Labute approximate surface area is 109 Å². The topological polar surface area (TPSA) is 67.3 Å². The van der Waals surface area contributed by atoms with Crippen LogP contribution in [0, 0.1) is 0 Å². The molecular weight excluding hydrogens is 312 g/mol. The van der Waals surface area contributed by atoms with Crippen molar-refractivity contribution in [2.24, 2.45) is 0 Å². The van der Waals surface area contributed by atoms with E-state index in [1.807, 2.05) is 0 Å². The molecule has 0 bridgehead atoms. The minimum atomic E-state index is -4.91. The molecule has 2 rings (SSSR count). The minimum absolute atomic E-state index is 0.288. The van der Waals surface area contributed by atoms with Crippen LogP contribution in [0.1, 0.15) is 12.1 Å². The number of alkyl halides is 3.